The largest absolute Gasteiger partial charge is 0.512 e. The topological polar surface area (TPSA) is 180 Å². The van der Waals surface area contributed by atoms with E-state index in [1.54, 1.807) is 0 Å². The number of ketones is 2. The molecule has 0 radical (unpaired) electrons. The fourth-order valence-electron chi connectivity index (χ4n) is 6.05. The number of benzene rings is 4. The van der Waals surface area contributed by atoms with Gasteiger partial charge in [0.25, 0.3) is 0 Å². The smallest absolute Gasteiger partial charge is 0.155 e. The molecule has 55 heavy (non-hydrogen) atoms. The average Bonchev–Trinajstić information content (AvgIpc) is 3.87. The summed E-state index contributed by atoms with van der Waals surface area (Å²) in [6.45, 7) is 5.70. The SMILES string of the molecule is CC(=O)/C=C(/C)O.CC(=O)/C=C(/C)O.[Hf].c1ccc2c(c1)-c1nc-2nc2[n-]c(nc3nc(nc4[n-]c(n1)c1ccccc41)-c1ccccc1-3)c1ccccc21. The average molecular weight is 891 g/mol. The summed E-state index contributed by atoms with van der Waals surface area (Å²) in [5, 5.41) is 20.3. The summed E-state index contributed by atoms with van der Waals surface area (Å²) in [5.74, 6) is 2.08. The van der Waals surface area contributed by atoms with E-state index in [0.29, 0.717) is 45.9 Å². The first-order chi connectivity index (χ1) is 26.0. The van der Waals surface area contributed by atoms with Gasteiger partial charge in [0, 0.05) is 82.8 Å². The number of hydrogen-bond acceptors (Lipinski definition) is 10. The van der Waals surface area contributed by atoms with E-state index in [1.807, 2.05) is 97.1 Å². The van der Waals surface area contributed by atoms with Crippen LogP contribution >= 0.6 is 0 Å². The molecule has 13 heteroatoms. The van der Waals surface area contributed by atoms with Crippen LogP contribution in [0, 0.1) is 0 Å². The Bertz CT molecular complexity index is 2500. The van der Waals surface area contributed by atoms with Crippen molar-refractivity contribution < 1.29 is 45.6 Å². The second kappa shape index (κ2) is 16.3. The molecule has 0 saturated carbocycles. The second-order valence-electron chi connectivity index (χ2n) is 12.5. The third kappa shape index (κ3) is 8.21. The molecule has 2 aliphatic rings. The van der Waals surface area contributed by atoms with E-state index >= 15 is 0 Å². The minimum atomic E-state index is -0.125. The summed E-state index contributed by atoms with van der Waals surface area (Å²) < 4.78 is 0. The van der Waals surface area contributed by atoms with Gasteiger partial charge in [-0.25, -0.2) is 9.97 Å². The maximum Gasteiger partial charge on any atom is 0.155 e. The van der Waals surface area contributed by atoms with Crippen LogP contribution in [0.4, 0.5) is 0 Å². The Labute approximate surface area is 333 Å². The Morgan fingerprint density at radius 2 is 0.673 bits per heavy atom. The quantitative estimate of drug-likeness (QED) is 0.0967. The van der Waals surface area contributed by atoms with E-state index in [1.165, 1.54) is 39.8 Å². The van der Waals surface area contributed by atoms with Crippen LogP contribution in [0.1, 0.15) is 27.7 Å². The van der Waals surface area contributed by atoms with Gasteiger partial charge in [-0.15, -0.1) is 0 Å². The van der Waals surface area contributed by atoms with Gasteiger partial charge in [0.05, 0.1) is 34.8 Å². The number of allylic oxidation sites excluding steroid dienone is 4. The number of carbonyl (C=O) groups is 2. The molecule has 0 unspecified atom stereocenters. The minimum Gasteiger partial charge on any atom is -0.512 e. The van der Waals surface area contributed by atoms with Crippen LogP contribution in [0.2, 0.25) is 0 Å². The molecule has 2 aliphatic heterocycles. The maximum absolute atomic E-state index is 10.0. The van der Waals surface area contributed by atoms with Crippen molar-refractivity contribution in [3.8, 4) is 45.6 Å². The van der Waals surface area contributed by atoms with Gasteiger partial charge in [0.1, 0.15) is 0 Å². The summed E-state index contributed by atoms with van der Waals surface area (Å²) >= 11 is 0. The number of hydrogen-bond donors (Lipinski definition) is 2. The van der Waals surface area contributed by atoms with Gasteiger partial charge in [-0.2, -0.15) is 0 Å². The first-order valence-electron chi connectivity index (χ1n) is 16.9. The Hall–Kier alpha value is -6.47. The van der Waals surface area contributed by atoms with Crippen molar-refractivity contribution in [3.63, 3.8) is 0 Å². The first kappa shape index (κ1) is 38.3. The van der Waals surface area contributed by atoms with Crippen LogP contribution in [0.5, 0.6) is 0 Å². The van der Waals surface area contributed by atoms with Crippen molar-refractivity contribution in [2.24, 2.45) is 0 Å². The van der Waals surface area contributed by atoms with E-state index in [4.69, 9.17) is 50.1 Å². The Balaban J connectivity index is 0.000000296. The van der Waals surface area contributed by atoms with Crippen molar-refractivity contribution in [1.82, 2.24) is 39.9 Å². The van der Waals surface area contributed by atoms with Crippen LogP contribution in [0.3, 0.4) is 0 Å². The summed E-state index contributed by atoms with van der Waals surface area (Å²) in [6.07, 6.45) is 2.33. The van der Waals surface area contributed by atoms with Crippen LogP contribution in [0.15, 0.2) is 121 Å². The molecule has 0 atom stereocenters. The molecular weight excluding hydrogens is 859 g/mol. The third-order valence-electron chi connectivity index (χ3n) is 8.15. The van der Waals surface area contributed by atoms with Gasteiger partial charge in [0.2, 0.25) is 0 Å². The molecule has 0 saturated heterocycles. The number of aromatic nitrogens is 8. The molecule has 9 rings (SSSR count). The molecule has 2 N–H and O–H groups in total. The van der Waals surface area contributed by atoms with Gasteiger partial charge in [0.15, 0.2) is 11.6 Å². The van der Waals surface area contributed by atoms with Crippen LogP contribution < -0.4 is 9.97 Å². The van der Waals surface area contributed by atoms with Crippen molar-refractivity contribution >= 4 is 55.7 Å². The van der Waals surface area contributed by atoms with Crippen molar-refractivity contribution in [2.75, 3.05) is 0 Å². The zero-order chi connectivity index (χ0) is 37.9. The fraction of sp³-hybridized carbons (Fsp3) is 0.0952. The molecule has 12 nitrogen and oxygen atoms in total. The normalized spacial score (nSPS) is 11.6. The number of carbonyl (C=O) groups excluding carboxylic acids is 2. The number of fused-ring (bicyclic) bond motifs is 20. The molecule has 0 spiro atoms. The third-order valence-corrected chi connectivity index (χ3v) is 8.15. The maximum atomic E-state index is 10.0. The molecule has 270 valence electrons. The van der Waals surface area contributed by atoms with Crippen molar-refractivity contribution in [3.05, 3.63) is 121 Å². The number of nitrogens with zero attached hydrogens (tertiary/aromatic N) is 8. The number of aliphatic hydroxyl groups is 2. The van der Waals surface area contributed by atoms with Crippen molar-refractivity contribution in [1.29, 1.82) is 0 Å². The summed E-state index contributed by atoms with van der Waals surface area (Å²) in [4.78, 5) is 59.3. The predicted octanol–water partition coefficient (Wildman–Crippen LogP) is 8.20. The van der Waals surface area contributed by atoms with E-state index in [9.17, 15) is 9.59 Å². The van der Waals surface area contributed by atoms with E-state index in [2.05, 4.69) is 0 Å². The van der Waals surface area contributed by atoms with Crippen molar-refractivity contribution in [2.45, 2.75) is 27.7 Å². The molecule has 4 aromatic carbocycles. The van der Waals surface area contributed by atoms with Crippen LogP contribution in [-0.2, 0) is 35.4 Å². The zero-order valence-corrected chi connectivity index (χ0v) is 33.8. The van der Waals surface area contributed by atoms with Gasteiger partial charge in [-0.05, 0) is 49.2 Å². The first-order valence-corrected chi connectivity index (χ1v) is 16.9. The molecule has 0 amide bonds. The number of rotatable bonds is 2. The monoisotopic (exact) mass is 892 g/mol. The van der Waals surface area contributed by atoms with Gasteiger partial charge in [-0.1, -0.05) is 97.1 Å². The van der Waals surface area contributed by atoms with Gasteiger partial charge < -0.3 is 40.1 Å². The number of aliphatic hydroxyl groups excluding tert-OH is 2. The molecule has 3 aromatic heterocycles. The Kier molecular flexibility index (Phi) is 11.3. The summed E-state index contributed by atoms with van der Waals surface area (Å²) in [6, 6.07) is 31.8. The zero-order valence-electron chi connectivity index (χ0n) is 30.2. The predicted molar refractivity (Wildman–Crippen MR) is 208 cm³/mol. The van der Waals surface area contributed by atoms with Crippen LogP contribution in [0.25, 0.3) is 89.7 Å². The summed E-state index contributed by atoms with van der Waals surface area (Å²) in [7, 11) is 0. The van der Waals surface area contributed by atoms with Gasteiger partial charge in [-0.3, -0.25) is 9.59 Å². The minimum absolute atomic E-state index is 0. The fourth-order valence-corrected chi connectivity index (χ4v) is 6.05. The van der Waals surface area contributed by atoms with E-state index in [-0.39, 0.29) is 48.9 Å². The standard InChI is InChI=1S/C32H16N8.2C5H8O2.Hf/c1-2-10-18-17(9-1)25-33-26(18)38-28-21-13-5-6-14-22(21)30(35-28)40-32-24-16-8-7-15-23(24)31(36-32)39-29-20-12-4-3-11-19(20)27(34-29)37-25;2*1-4(6)3-5(2)7;/h1-16H;2*3,6H,1-2H3;/q-2;;;/b;2*4-3-;. The molecular formula is C42H32HfN8O4-2. The van der Waals surface area contributed by atoms with E-state index in [0.717, 1.165) is 43.8 Å². The molecule has 7 aromatic rings. The van der Waals surface area contributed by atoms with Gasteiger partial charge >= 0.3 is 0 Å². The van der Waals surface area contributed by atoms with E-state index < -0.39 is 0 Å². The Morgan fingerprint density at radius 1 is 0.436 bits per heavy atom. The van der Waals surface area contributed by atoms with Crippen LogP contribution in [-0.4, -0.2) is 51.7 Å². The molecule has 5 heterocycles. The molecule has 8 bridgehead atoms. The summed E-state index contributed by atoms with van der Waals surface area (Å²) in [5.41, 5.74) is 5.78. The second-order valence-corrected chi connectivity index (χ2v) is 12.5. The Morgan fingerprint density at radius 3 is 0.873 bits per heavy atom. The molecule has 0 aliphatic carbocycles. The molecule has 0 fully saturated rings.